The van der Waals surface area contributed by atoms with Gasteiger partial charge in [0.25, 0.3) is 0 Å². The maximum absolute atomic E-state index is 5.33. The molecule has 1 saturated carbocycles. The number of likely N-dealkylation sites (N-methyl/N-ethyl adjacent to an activating group) is 1. The minimum absolute atomic E-state index is 0.607. The van der Waals surface area contributed by atoms with Gasteiger partial charge in [-0.2, -0.15) is 0 Å². The van der Waals surface area contributed by atoms with Gasteiger partial charge in [-0.05, 0) is 43.0 Å². The van der Waals surface area contributed by atoms with Crippen molar-refractivity contribution in [2.75, 3.05) is 13.7 Å². The average molecular weight is 275 g/mol. The molecule has 20 heavy (non-hydrogen) atoms. The summed E-state index contributed by atoms with van der Waals surface area (Å²) in [4.78, 5) is 0. The first-order valence-corrected chi connectivity index (χ1v) is 8.18. The largest absolute Gasteiger partial charge is 0.497 e. The fourth-order valence-corrected chi connectivity index (χ4v) is 3.44. The maximum Gasteiger partial charge on any atom is 0.119 e. The number of benzene rings is 1. The Labute approximate surface area is 123 Å². The Hall–Kier alpha value is -1.02. The van der Waals surface area contributed by atoms with E-state index < -0.39 is 0 Å². The van der Waals surface area contributed by atoms with Gasteiger partial charge >= 0.3 is 0 Å². The molecule has 0 heterocycles. The lowest BCUT2D eigenvalue weighted by atomic mass is 9.83. The second-order valence-electron chi connectivity index (χ2n) is 6.05. The topological polar surface area (TPSA) is 21.3 Å². The van der Waals surface area contributed by atoms with Crippen LogP contribution in [0.25, 0.3) is 0 Å². The highest BCUT2D eigenvalue weighted by molar-refractivity contribution is 5.28. The van der Waals surface area contributed by atoms with Gasteiger partial charge in [-0.15, -0.1) is 0 Å². The van der Waals surface area contributed by atoms with Crippen LogP contribution in [-0.2, 0) is 6.42 Å². The van der Waals surface area contributed by atoms with E-state index in [1.165, 1.54) is 44.1 Å². The normalized spacial score (nSPS) is 17.9. The lowest BCUT2D eigenvalue weighted by Gasteiger charge is -2.27. The number of nitrogens with one attached hydrogen (secondary N) is 1. The molecule has 112 valence electrons. The Morgan fingerprint density at radius 1 is 1.25 bits per heavy atom. The Bertz CT molecular complexity index is 385. The second kappa shape index (κ2) is 8.31. The van der Waals surface area contributed by atoms with Crippen molar-refractivity contribution >= 4 is 0 Å². The number of hydrogen-bond acceptors (Lipinski definition) is 2. The van der Waals surface area contributed by atoms with Crippen molar-refractivity contribution in [3.63, 3.8) is 0 Å². The van der Waals surface area contributed by atoms with E-state index in [1.54, 1.807) is 7.11 Å². The van der Waals surface area contributed by atoms with E-state index in [2.05, 4.69) is 30.4 Å². The molecule has 0 spiro atoms. The first kappa shape index (κ1) is 15.4. The van der Waals surface area contributed by atoms with E-state index in [-0.39, 0.29) is 0 Å². The van der Waals surface area contributed by atoms with Gasteiger partial charge in [0.15, 0.2) is 0 Å². The van der Waals surface area contributed by atoms with Crippen molar-refractivity contribution < 1.29 is 4.74 Å². The van der Waals surface area contributed by atoms with Gasteiger partial charge in [0.1, 0.15) is 5.75 Å². The Balaban J connectivity index is 1.93. The Kier molecular flexibility index (Phi) is 6.38. The third-order valence-corrected chi connectivity index (χ3v) is 4.45. The molecule has 1 aromatic carbocycles. The van der Waals surface area contributed by atoms with Crippen LogP contribution in [0.5, 0.6) is 5.75 Å². The molecule has 2 nitrogen and oxygen atoms in total. The van der Waals surface area contributed by atoms with Crippen LogP contribution in [0.2, 0.25) is 0 Å². The fraction of sp³-hybridized carbons (Fsp3) is 0.667. The third-order valence-electron chi connectivity index (χ3n) is 4.45. The van der Waals surface area contributed by atoms with Crippen molar-refractivity contribution in [2.24, 2.45) is 5.92 Å². The highest BCUT2D eigenvalue weighted by Gasteiger charge is 2.18. The number of methoxy groups -OCH3 is 1. The zero-order valence-corrected chi connectivity index (χ0v) is 13.0. The van der Waals surface area contributed by atoms with Gasteiger partial charge in [0, 0.05) is 6.04 Å². The van der Waals surface area contributed by atoms with Crippen LogP contribution in [0.3, 0.4) is 0 Å². The van der Waals surface area contributed by atoms with Crippen LogP contribution >= 0.6 is 0 Å². The summed E-state index contributed by atoms with van der Waals surface area (Å²) < 4.78 is 5.33. The van der Waals surface area contributed by atoms with Crippen LogP contribution in [0, 0.1) is 5.92 Å². The van der Waals surface area contributed by atoms with Crippen LogP contribution in [-0.4, -0.2) is 19.7 Å². The summed E-state index contributed by atoms with van der Waals surface area (Å²) in [5.41, 5.74) is 1.38. The van der Waals surface area contributed by atoms with Crippen molar-refractivity contribution in [3.8, 4) is 5.75 Å². The molecule has 0 saturated heterocycles. The smallest absolute Gasteiger partial charge is 0.119 e. The summed E-state index contributed by atoms with van der Waals surface area (Å²) in [6.45, 7) is 3.26. The molecule has 1 aliphatic rings. The Morgan fingerprint density at radius 3 is 2.75 bits per heavy atom. The zero-order valence-electron chi connectivity index (χ0n) is 13.0. The van der Waals surface area contributed by atoms with Gasteiger partial charge in [-0.25, -0.2) is 0 Å². The highest BCUT2D eigenvalue weighted by atomic mass is 16.5. The van der Waals surface area contributed by atoms with E-state index in [0.717, 1.165) is 24.6 Å². The summed E-state index contributed by atoms with van der Waals surface area (Å²) in [6.07, 6.45) is 9.61. The number of ether oxygens (including phenoxy) is 1. The first-order chi connectivity index (χ1) is 9.81. The van der Waals surface area contributed by atoms with E-state index in [0.29, 0.717) is 6.04 Å². The van der Waals surface area contributed by atoms with Crippen LogP contribution < -0.4 is 10.1 Å². The van der Waals surface area contributed by atoms with Crippen LogP contribution in [0.1, 0.15) is 51.0 Å². The molecule has 0 radical (unpaired) electrons. The quantitative estimate of drug-likeness (QED) is 0.806. The van der Waals surface area contributed by atoms with Crippen molar-refractivity contribution in [1.82, 2.24) is 5.32 Å². The lowest BCUT2D eigenvalue weighted by Crippen LogP contribution is -2.33. The SMILES string of the molecule is CCNC(Cc1cccc(OC)c1)CC1CCCCC1. The van der Waals surface area contributed by atoms with Gasteiger partial charge < -0.3 is 10.1 Å². The van der Waals surface area contributed by atoms with Gasteiger partial charge in [-0.1, -0.05) is 51.2 Å². The Morgan fingerprint density at radius 2 is 2.05 bits per heavy atom. The monoisotopic (exact) mass is 275 g/mol. The molecular formula is C18H29NO. The third kappa shape index (κ3) is 4.82. The minimum atomic E-state index is 0.607. The molecule has 0 bridgehead atoms. The summed E-state index contributed by atoms with van der Waals surface area (Å²) >= 11 is 0. The molecule has 0 aliphatic heterocycles. The molecule has 1 aliphatic carbocycles. The standard InChI is InChI=1S/C18H29NO/c1-3-19-17(12-15-8-5-4-6-9-15)13-16-10-7-11-18(14-16)20-2/h7,10-11,14-15,17,19H,3-6,8-9,12-13H2,1-2H3. The van der Waals surface area contributed by atoms with Gasteiger partial charge in [0.05, 0.1) is 7.11 Å². The summed E-state index contributed by atoms with van der Waals surface area (Å²) in [6, 6.07) is 9.11. The predicted octanol–water partition coefficient (Wildman–Crippen LogP) is 4.19. The summed E-state index contributed by atoms with van der Waals surface area (Å²) in [5.74, 6) is 1.90. The average Bonchev–Trinajstić information content (AvgIpc) is 2.49. The zero-order chi connectivity index (χ0) is 14.2. The maximum atomic E-state index is 5.33. The molecule has 1 N–H and O–H groups in total. The molecule has 0 aromatic heterocycles. The van der Waals surface area contributed by atoms with Crippen molar-refractivity contribution in [3.05, 3.63) is 29.8 Å². The minimum Gasteiger partial charge on any atom is -0.497 e. The molecule has 1 aromatic rings. The van der Waals surface area contributed by atoms with Crippen molar-refractivity contribution in [1.29, 1.82) is 0 Å². The summed E-state index contributed by atoms with van der Waals surface area (Å²) in [7, 11) is 1.74. The molecule has 0 amide bonds. The first-order valence-electron chi connectivity index (χ1n) is 8.18. The van der Waals surface area contributed by atoms with E-state index in [9.17, 15) is 0 Å². The molecule has 2 rings (SSSR count). The molecule has 1 fully saturated rings. The van der Waals surface area contributed by atoms with Gasteiger partial charge in [0.2, 0.25) is 0 Å². The van der Waals surface area contributed by atoms with E-state index >= 15 is 0 Å². The van der Waals surface area contributed by atoms with Crippen molar-refractivity contribution in [2.45, 2.75) is 57.9 Å². The van der Waals surface area contributed by atoms with E-state index in [1.807, 2.05) is 6.07 Å². The molecular weight excluding hydrogens is 246 g/mol. The predicted molar refractivity (Wildman–Crippen MR) is 85.4 cm³/mol. The van der Waals surface area contributed by atoms with Crippen LogP contribution in [0.4, 0.5) is 0 Å². The number of hydrogen-bond donors (Lipinski definition) is 1. The molecule has 1 atom stereocenters. The van der Waals surface area contributed by atoms with Crippen LogP contribution in [0.15, 0.2) is 24.3 Å². The van der Waals surface area contributed by atoms with E-state index in [4.69, 9.17) is 4.74 Å². The fourth-order valence-electron chi connectivity index (χ4n) is 3.44. The molecule has 2 heteroatoms. The lowest BCUT2D eigenvalue weighted by molar-refractivity contribution is 0.298. The summed E-state index contributed by atoms with van der Waals surface area (Å²) in [5, 5.41) is 3.68. The second-order valence-corrected chi connectivity index (χ2v) is 6.05. The molecule has 1 unspecified atom stereocenters. The number of rotatable bonds is 7. The van der Waals surface area contributed by atoms with Gasteiger partial charge in [-0.3, -0.25) is 0 Å². The highest BCUT2D eigenvalue weighted by Crippen LogP contribution is 2.28.